The van der Waals surface area contributed by atoms with E-state index in [0.29, 0.717) is 32.5 Å². The molecule has 3 aromatic heterocycles. The van der Waals surface area contributed by atoms with Crippen molar-refractivity contribution >= 4 is 44.3 Å². The summed E-state index contributed by atoms with van der Waals surface area (Å²) in [6.45, 7) is 3.27. The van der Waals surface area contributed by atoms with Gasteiger partial charge < -0.3 is 14.6 Å². The van der Waals surface area contributed by atoms with E-state index in [4.69, 9.17) is 4.84 Å². The van der Waals surface area contributed by atoms with Crippen molar-refractivity contribution in [1.29, 1.82) is 0 Å². The summed E-state index contributed by atoms with van der Waals surface area (Å²) in [4.78, 5) is 35.5. The third-order valence-corrected chi connectivity index (χ3v) is 7.63. The molecule has 0 aliphatic carbocycles. The summed E-state index contributed by atoms with van der Waals surface area (Å²) in [5.41, 5.74) is 2.89. The highest BCUT2D eigenvalue weighted by molar-refractivity contribution is 7.18. The molecular formula is C27H27N7O2S. The number of hydrogen-bond acceptors (Lipinski definition) is 8. The number of piperazine rings is 1. The van der Waals surface area contributed by atoms with Crippen molar-refractivity contribution in [3.05, 3.63) is 77.4 Å². The van der Waals surface area contributed by atoms with E-state index in [1.807, 2.05) is 35.2 Å². The second kappa shape index (κ2) is 10.5. The first kappa shape index (κ1) is 23.4. The number of para-hydroxylation sites is 1. The molecule has 0 bridgehead atoms. The van der Waals surface area contributed by atoms with Crippen molar-refractivity contribution in [2.75, 3.05) is 37.7 Å². The van der Waals surface area contributed by atoms with E-state index in [9.17, 15) is 4.79 Å². The summed E-state index contributed by atoms with van der Waals surface area (Å²) < 4.78 is 0. The highest BCUT2D eigenvalue weighted by Crippen LogP contribution is 2.32. The zero-order valence-electron chi connectivity index (χ0n) is 20.4. The number of thiophene rings is 1. The Hall–Kier alpha value is -4.05. The topological polar surface area (TPSA) is 89.3 Å². The van der Waals surface area contributed by atoms with Crippen LogP contribution in [-0.2, 0) is 11.2 Å². The standard InChI is InChI=1S/C27H27N7O2S/c35-25(11-6-16-36-34-24-10-5-4-9-23(24)30-31-34)32-12-14-33(15-13-32)26-22-18-21(37-27(22)29-19-28-26)17-20-7-2-1-3-8-20/h1-5,7-10,18-19H,6,11-17H2. The van der Waals surface area contributed by atoms with E-state index >= 15 is 0 Å². The number of carbonyl (C=O) groups is 1. The molecule has 0 N–H and O–H groups in total. The predicted molar refractivity (Wildman–Crippen MR) is 144 cm³/mol. The molecule has 10 heteroatoms. The third-order valence-electron chi connectivity index (χ3n) is 6.58. The Bertz CT molecular complexity index is 1510. The lowest BCUT2D eigenvalue weighted by Crippen LogP contribution is -2.49. The number of fused-ring (bicyclic) bond motifs is 2. The number of benzene rings is 2. The molecule has 0 spiro atoms. The number of hydrogen-bond donors (Lipinski definition) is 0. The van der Waals surface area contributed by atoms with Crippen LogP contribution in [0.2, 0.25) is 0 Å². The molecule has 0 unspecified atom stereocenters. The van der Waals surface area contributed by atoms with Gasteiger partial charge in [-0.3, -0.25) is 4.79 Å². The Morgan fingerprint density at radius 2 is 1.78 bits per heavy atom. The monoisotopic (exact) mass is 513 g/mol. The van der Waals surface area contributed by atoms with Gasteiger partial charge in [0, 0.05) is 43.9 Å². The molecule has 0 atom stereocenters. The fourth-order valence-corrected chi connectivity index (χ4v) is 5.70. The van der Waals surface area contributed by atoms with Gasteiger partial charge >= 0.3 is 0 Å². The maximum absolute atomic E-state index is 12.8. The molecule has 188 valence electrons. The van der Waals surface area contributed by atoms with Crippen LogP contribution in [0.15, 0.2) is 67.0 Å². The van der Waals surface area contributed by atoms with Crippen molar-refractivity contribution in [1.82, 2.24) is 30.0 Å². The highest BCUT2D eigenvalue weighted by Gasteiger charge is 2.23. The lowest BCUT2D eigenvalue weighted by Gasteiger charge is -2.35. The van der Waals surface area contributed by atoms with Crippen LogP contribution < -0.4 is 9.74 Å². The predicted octanol–water partition coefficient (Wildman–Crippen LogP) is 3.58. The molecule has 1 aliphatic heterocycles. The van der Waals surface area contributed by atoms with Crippen molar-refractivity contribution in [3.63, 3.8) is 0 Å². The van der Waals surface area contributed by atoms with Crippen LogP contribution in [0.4, 0.5) is 5.82 Å². The molecular weight excluding hydrogens is 486 g/mol. The largest absolute Gasteiger partial charge is 0.395 e. The second-order valence-corrected chi connectivity index (χ2v) is 10.2. The van der Waals surface area contributed by atoms with E-state index < -0.39 is 0 Å². The number of nitrogens with zero attached hydrogens (tertiary/aromatic N) is 7. The molecule has 0 saturated carbocycles. The zero-order chi connectivity index (χ0) is 25.0. The number of amides is 1. The number of rotatable bonds is 8. The summed E-state index contributed by atoms with van der Waals surface area (Å²) in [5.74, 6) is 1.11. The lowest BCUT2D eigenvalue weighted by molar-refractivity contribution is -0.131. The highest BCUT2D eigenvalue weighted by atomic mass is 32.1. The van der Waals surface area contributed by atoms with Crippen LogP contribution in [0.5, 0.6) is 0 Å². The van der Waals surface area contributed by atoms with Gasteiger partial charge in [-0.25, -0.2) is 9.97 Å². The van der Waals surface area contributed by atoms with Crippen LogP contribution in [0.3, 0.4) is 0 Å². The molecule has 1 saturated heterocycles. The molecule has 5 aromatic rings. The minimum absolute atomic E-state index is 0.153. The summed E-state index contributed by atoms with van der Waals surface area (Å²) in [6.07, 6.45) is 3.60. The van der Waals surface area contributed by atoms with Crippen LogP contribution >= 0.6 is 11.3 Å². The number of carbonyl (C=O) groups excluding carboxylic acids is 1. The zero-order valence-corrected chi connectivity index (χ0v) is 21.2. The minimum atomic E-state index is 0.153. The molecule has 6 rings (SSSR count). The Balaban J connectivity index is 1.02. The third kappa shape index (κ3) is 5.10. The van der Waals surface area contributed by atoms with Crippen LogP contribution in [0, 0.1) is 0 Å². The minimum Gasteiger partial charge on any atom is -0.395 e. The van der Waals surface area contributed by atoms with Crippen molar-refractivity contribution in [3.8, 4) is 0 Å². The Kier molecular flexibility index (Phi) is 6.64. The quantitative estimate of drug-likeness (QED) is 0.293. The van der Waals surface area contributed by atoms with E-state index in [-0.39, 0.29) is 5.91 Å². The molecule has 2 aromatic carbocycles. The van der Waals surface area contributed by atoms with Crippen molar-refractivity contribution in [2.45, 2.75) is 19.3 Å². The first-order chi connectivity index (χ1) is 18.2. The molecule has 4 heterocycles. The average Bonchev–Trinajstić information content (AvgIpc) is 3.55. The molecule has 1 aliphatic rings. The van der Waals surface area contributed by atoms with Crippen LogP contribution in [-0.4, -0.2) is 68.7 Å². The van der Waals surface area contributed by atoms with Crippen molar-refractivity contribution in [2.24, 2.45) is 0 Å². The maximum atomic E-state index is 12.8. The van der Waals surface area contributed by atoms with Gasteiger partial charge in [0.25, 0.3) is 0 Å². The summed E-state index contributed by atoms with van der Waals surface area (Å²) in [7, 11) is 0. The molecule has 9 nitrogen and oxygen atoms in total. The number of anilines is 1. The fraction of sp³-hybridized carbons (Fsp3) is 0.296. The van der Waals surface area contributed by atoms with E-state index in [1.165, 1.54) is 15.3 Å². The normalized spacial score (nSPS) is 13.9. The first-order valence-corrected chi connectivity index (χ1v) is 13.3. The first-order valence-electron chi connectivity index (χ1n) is 12.5. The van der Waals surface area contributed by atoms with Gasteiger partial charge in [0.15, 0.2) is 0 Å². The molecule has 1 fully saturated rings. The van der Waals surface area contributed by atoms with E-state index in [0.717, 1.165) is 46.6 Å². The molecule has 1 amide bonds. The van der Waals surface area contributed by atoms with Gasteiger partial charge in [-0.2, -0.15) is 0 Å². The van der Waals surface area contributed by atoms with Gasteiger partial charge in [-0.1, -0.05) is 47.3 Å². The maximum Gasteiger partial charge on any atom is 0.222 e. The SMILES string of the molecule is O=C(CCCOn1nnc2ccccc21)N1CCN(c2ncnc3sc(Cc4ccccc4)cc23)CC1. The average molecular weight is 514 g/mol. The summed E-state index contributed by atoms with van der Waals surface area (Å²) in [5, 5.41) is 9.19. The van der Waals surface area contributed by atoms with Crippen molar-refractivity contribution < 1.29 is 9.63 Å². The van der Waals surface area contributed by atoms with E-state index in [2.05, 4.69) is 55.5 Å². The Morgan fingerprint density at radius 3 is 2.65 bits per heavy atom. The summed E-state index contributed by atoms with van der Waals surface area (Å²) >= 11 is 1.72. The van der Waals surface area contributed by atoms with Crippen LogP contribution in [0.25, 0.3) is 21.3 Å². The van der Waals surface area contributed by atoms with Gasteiger partial charge in [0.2, 0.25) is 5.91 Å². The van der Waals surface area contributed by atoms with Gasteiger partial charge in [-0.05, 0) is 35.4 Å². The second-order valence-electron chi connectivity index (χ2n) is 9.05. The fourth-order valence-electron chi connectivity index (χ4n) is 4.67. The van der Waals surface area contributed by atoms with Gasteiger partial charge in [0.1, 0.15) is 34.6 Å². The van der Waals surface area contributed by atoms with Gasteiger partial charge in [0.05, 0.1) is 5.39 Å². The number of aromatic nitrogens is 5. The van der Waals surface area contributed by atoms with Crippen LogP contribution in [0.1, 0.15) is 23.3 Å². The Morgan fingerprint density at radius 1 is 0.973 bits per heavy atom. The molecule has 37 heavy (non-hydrogen) atoms. The summed E-state index contributed by atoms with van der Waals surface area (Å²) in [6, 6.07) is 20.3. The molecule has 0 radical (unpaired) electrons. The van der Waals surface area contributed by atoms with E-state index in [1.54, 1.807) is 17.7 Å². The van der Waals surface area contributed by atoms with Gasteiger partial charge in [-0.15, -0.1) is 16.4 Å². The lowest BCUT2D eigenvalue weighted by atomic mass is 10.1. The Labute approximate surface area is 218 Å². The smallest absolute Gasteiger partial charge is 0.222 e.